The molecule has 6 heteroatoms. The average Bonchev–Trinajstić information content (AvgIpc) is 3.27. The van der Waals surface area contributed by atoms with Gasteiger partial charge in [-0.3, -0.25) is 4.99 Å². The second kappa shape index (κ2) is 11.0. The Balaban J connectivity index is 1.39. The van der Waals surface area contributed by atoms with Crippen molar-refractivity contribution in [2.75, 3.05) is 27.2 Å². The molecule has 1 aromatic heterocycles. The molecule has 3 aromatic rings. The molecule has 2 N–H and O–H groups in total. The fourth-order valence-electron chi connectivity index (χ4n) is 3.26. The second-order valence-corrected chi connectivity index (χ2v) is 7.27. The summed E-state index contributed by atoms with van der Waals surface area (Å²) >= 11 is 0. The highest BCUT2D eigenvalue weighted by Gasteiger charge is 2.07. The van der Waals surface area contributed by atoms with Crippen LogP contribution < -0.4 is 15.4 Å². The predicted octanol–water partition coefficient (Wildman–Crippen LogP) is 3.78. The van der Waals surface area contributed by atoms with Gasteiger partial charge in [-0.1, -0.05) is 37.3 Å². The van der Waals surface area contributed by atoms with Crippen LogP contribution in [0.2, 0.25) is 0 Å². The molecule has 6 nitrogen and oxygen atoms in total. The number of nitrogens with zero attached hydrogens (tertiary/aromatic N) is 3. The lowest BCUT2D eigenvalue weighted by Crippen LogP contribution is -2.39. The van der Waals surface area contributed by atoms with E-state index in [2.05, 4.69) is 46.0 Å². The van der Waals surface area contributed by atoms with E-state index in [9.17, 15) is 0 Å². The highest BCUT2D eigenvalue weighted by atomic mass is 16.5. The van der Waals surface area contributed by atoms with E-state index in [1.807, 2.05) is 53.3 Å². The fraction of sp³-hybridized carbons (Fsp3) is 0.333. The van der Waals surface area contributed by atoms with Crippen molar-refractivity contribution in [3.8, 4) is 11.4 Å². The fourth-order valence-corrected chi connectivity index (χ4v) is 3.26. The van der Waals surface area contributed by atoms with Crippen molar-refractivity contribution in [1.82, 2.24) is 20.4 Å². The van der Waals surface area contributed by atoms with Gasteiger partial charge in [-0.2, -0.15) is 5.10 Å². The Bertz CT molecular complexity index is 918. The van der Waals surface area contributed by atoms with Gasteiger partial charge in [0.05, 0.1) is 19.0 Å². The Morgan fingerprint density at radius 1 is 1.07 bits per heavy atom. The Labute approximate surface area is 179 Å². The van der Waals surface area contributed by atoms with Gasteiger partial charge in [-0.15, -0.1) is 0 Å². The SMILES string of the molecule is CN=C(NCCc1cnn(-c2ccccc2)c1)NCCC(C)c1ccc(OC)cc1. The second-order valence-electron chi connectivity index (χ2n) is 7.27. The van der Waals surface area contributed by atoms with Crippen LogP contribution in [-0.4, -0.2) is 43.0 Å². The van der Waals surface area contributed by atoms with Crippen molar-refractivity contribution in [3.05, 3.63) is 78.1 Å². The summed E-state index contributed by atoms with van der Waals surface area (Å²) in [5.41, 5.74) is 3.58. The summed E-state index contributed by atoms with van der Waals surface area (Å²) in [6.45, 7) is 3.90. The zero-order valence-electron chi connectivity index (χ0n) is 18.0. The molecule has 3 rings (SSSR count). The maximum Gasteiger partial charge on any atom is 0.190 e. The van der Waals surface area contributed by atoms with Gasteiger partial charge in [-0.25, -0.2) is 4.68 Å². The molecule has 0 saturated carbocycles. The van der Waals surface area contributed by atoms with Crippen LogP contribution in [0.25, 0.3) is 5.69 Å². The normalized spacial score (nSPS) is 12.4. The lowest BCUT2D eigenvalue weighted by atomic mass is 9.98. The van der Waals surface area contributed by atoms with Gasteiger partial charge >= 0.3 is 0 Å². The lowest BCUT2D eigenvalue weighted by Gasteiger charge is -2.15. The lowest BCUT2D eigenvalue weighted by molar-refractivity contribution is 0.414. The Morgan fingerprint density at radius 3 is 2.50 bits per heavy atom. The monoisotopic (exact) mass is 405 g/mol. The third-order valence-corrected chi connectivity index (χ3v) is 5.14. The Hall–Kier alpha value is -3.28. The summed E-state index contributed by atoms with van der Waals surface area (Å²) in [5, 5.41) is 11.2. The van der Waals surface area contributed by atoms with E-state index in [1.165, 1.54) is 11.1 Å². The van der Waals surface area contributed by atoms with Crippen molar-refractivity contribution < 1.29 is 4.74 Å². The molecule has 1 atom stereocenters. The molecule has 2 aromatic carbocycles. The van der Waals surface area contributed by atoms with Crippen molar-refractivity contribution in [2.24, 2.45) is 4.99 Å². The van der Waals surface area contributed by atoms with E-state index in [1.54, 1.807) is 14.2 Å². The number of guanidine groups is 1. The molecule has 158 valence electrons. The zero-order chi connectivity index (χ0) is 21.2. The first-order valence-corrected chi connectivity index (χ1v) is 10.4. The van der Waals surface area contributed by atoms with Crippen LogP contribution in [-0.2, 0) is 6.42 Å². The molecule has 0 aliphatic rings. The third kappa shape index (κ3) is 6.11. The highest BCUT2D eigenvalue weighted by Crippen LogP contribution is 2.21. The number of nitrogens with one attached hydrogen (secondary N) is 2. The molecular formula is C24H31N5O. The summed E-state index contributed by atoms with van der Waals surface area (Å²) < 4.78 is 7.13. The van der Waals surface area contributed by atoms with Crippen LogP contribution in [0.4, 0.5) is 0 Å². The zero-order valence-corrected chi connectivity index (χ0v) is 18.0. The Kier molecular flexibility index (Phi) is 7.89. The van der Waals surface area contributed by atoms with Gasteiger partial charge in [-0.05, 0) is 54.2 Å². The molecule has 30 heavy (non-hydrogen) atoms. The first-order valence-electron chi connectivity index (χ1n) is 10.4. The van der Waals surface area contributed by atoms with Gasteiger partial charge in [0.25, 0.3) is 0 Å². The maximum absolute atomic E-state index is 5.23. The van der Waals surface area contributed by atoms with Crippen molar-refractivity contribution in [3.63, 3.8) is 0 Å². The largest absolute Gasteiger partial charge is 0.497 e. The van der Waals surface area contributed by atoms with Crippen LogP contribution in [0.3, 0.4) is 0 Å². The van der Waals surface area contributed by atoms with Gasteiger partial charge in [0.1, 0.15) is 5.75 Å². The number of aliphatic imine (C=N–C) groups is 1. The molecular weight excluding hydrogens is 374 g/mol. The topological polar surface area (TPSA) is 63.5 Å². The average molecular weight is 406 g/mol. The molecule has 0 bridgehead atoms. The molecule has 1 unspecified atom stereocenters. The van der Waals surface area contributed by atoms with E-state index >= 15 is 0 Å². The van der Waals surface area contributed by atoms with Crippen LogP contribution in [0.5, 0.6) is 5.75 Å². The van der Waals surface area contributed by atoms with Crippen molar-refractivity contribution >= 4 is 5.96 Å². The number of aromatic nitrogens is 2. The molecule has 0 spiro atoms. The predicted molar refractivity (Wildman–Crippen MR) is 123 cm³/mol. The molecule has 0 amide bonds. The molecule has 0 aliphatic heterocycles. The number of ether oxygens (including phenoxy) is 1. The molecule has 1 heterocycles. The van der Waals surface area contributed by atoms with E-state index in [-0.39, 0.29) is 0 Å². The standard InChI is InChI=1S/C24H31N5O/c1-19(21-9-11-23(30-3)12-10-21)13-15-26-24(25-2)27-16-14-20-17-28-29(18-20)22-7-5-4-6-8-22/h4-12,17-19H,13-16H2,1-3H3,(H2,25,26,27). The minimum Gasteiger partial charge on any atom is -0.497 e. The summed E-state index contributed by atoms with van der Waals surface area (Å²) in [7, 11) is 3.49. The maximum atomic E-state index is 5.23. The number of methoxy groups -OCH3 is 1. The highest BCUT2D eigenvalue weighted by molar-refractivity contribution is 5.79. The number of hydrogen-bond donors (Lipinski definition) is 2. The third-order valence-electron chi connectivity index (χ3n) is 5.14. The van der Waals surface area contributed by atoms with E-state index < -0.39 is 0 Å². The molecule has 0 saturated heterocycles. The van der Waals surface area contributed by atoms with Gasteiger partial charge in [0.2, 0.25) is 0 Å². The van der Waals surface area contributed by atoms with E-state index in [0.717, 1.165) is 43.3 Å². The Morgan fingerprint density at radius 2 is 1.80 bits per heavy atom. The van der Waals surface area contributed by atoms with Crippen LogP contribution in [0.15, 0.2) is 72.0 Å². The first kappa shape index (κ1) is 21.4. The minimum absolute atomic E-state index is 0.463. The molecule has 0 aliphatic carbocycles. The summed E-state index contributed by atoms with van der Waals surface area (Å²) in [6.07, 6.45) is 5.90. The minimum atomic E-state index is 0.463. The molecule has 0 fully saturated rings. The van der Waals surface area contributed by atoms with Crippen LogP contribution >= 0.6 is 0 Å². The van der Waals surface area contributed by atoms with E-state index in [0.29, 0.717) is 5.92 Å². The number of rotatable bonds is 9. The number of hydrogen-bond acceptors (Lipinski definition) is 3. The summed E-state index contributed by atoms with van der Waals surface area (Å²) in [6, 6.07) is 18.4. The van der Waals surface area contributed by atoms with Crippen molar-refractivity contribution in [1.29, 1.82) is 0 Å². The number of benzene rings is 2. The molecule has 0 radical (unpaired) electrons. The quantitative estimate of drug-likeness (QED) is 0.420. The van der Waals surface area contributed by atoms with Gasteiger partial charge in [0.15, 0.2) is 5.96 Å². The smallest absolute Gasteiger partial charge is 0.190 e. The van der Waals surface area contributed by atoms with Crippen molar-refractivity contribution in [2.45, 2.75) is 25.7 Å². The van der Waals surface area contributed by atoms with Gasteiger partial charge < -0.3 is 15.4 Å². The summed E-state index contributed by atoms with van der Waals surface area (Å²) in [5.74, 6) is 2.18. The van der Waals surface area contributed by atoms with Crippen LogP contribution in [0.1, 0.15) is 30.4 Å². The van der Waals surface area contributed by atoms with E-state index in [4.69, 9.17) is 4.74 Å². The van der Waals surface area contributed by atoms with Crippen LogP contribution in [0, 0.1) is 0 Å². The first-order chi connectivity index (χ1) is 14.7. The summed E-state index contributed by atoms with van der Waals surface area (Å²) in [4.78, 5) is 4.32. The number of para-hydroxylation sites is 1. The van der Waals surface area contributed by atoms with Gasteiger partial charge in [0, 0.05) is 26.3 Å².